The van der Waals surface area contributed by atoms with Gasteiger partial charge in [0.15, 0.2) is 0 Å². The first-order valence-electron chi connectivity index (χ1n) is 12.7. The van der Waals surface area contributed by atoms with E-state index in [2.05, 4.69) is 88.3 Å². The lowest BCUT2D eigenvalue weighted by molar-refractivity contribution is -0.133. The number of carbonyl (C=O) groups is 1. The Morgan fingerprint density at radius 3 is 2.38 bits per heavy atom. The van der Waals surface area contributed by atoms with E-state index in [4.69, 9.17) is 4.74 Å². The molecule has 1 unspecified atom stereocenters. The van der Waals surface area contributed by atoms with Gasteiger partial charge < -0.3 is 10.1 Å². The Labute approximate surface area is 206 Å². The van der Waals surface area contributed by atoms with E-state index in [9.17, 15) is 4.79 Å². The number of benzene rings is 2. The minimum atomic E-state index is -0.793. The van der Waals surface area contributed by atoms with Crippen molar-refractivity contribution in [3.8, 4) is 5.75 Å². The minimum Gasteiger partial charge on any atom is -0.489 e. The number of ether oxygens (including phenoxy) is 1. The molecule has 0 spiro atoms. The first-order valence-corrected chi connectivity index (χ1v) is 12.7. The summed E-state index contributed by atoms with van der Waals surface area (Å²) < 4.78 is 6.08. The second-order valence-electron chi connectivity index (χ2n) is 11.0. The van der Waals surface area contributed by atoms with Gasteiger partial charge >= 0.3 is 0 Å². The summed E-state index contributed by atoms with van der Waals surface area (Å²) in [5.74, 6) is 0.892. The summed E-state index contributed by atoms with van der Waals surface area (Å²) in [4.78, 5) is 16.2. The Morgan fingerprint density at radius 1 is 1.09 bits per heavy atom. The maximum absolute atomic E-state index is 13.8. The standard InChI is InChI=1S/C29H43N3O2/c1-21(2)32(22(3)4)18-17-30-27(33)29(28(5,6)7)26-14-13-25(19-24(26)15-16-31-29)34-20-23-11-9-8-10-12-23/h8-14,19,21-22,31H,15-18,20H2,1-7H3,(H,30,33). The monoisotopic (exact) mass is 465 g/mol. The molecule has 34 heavy (non-hydrogen) atoms. The molecule has 2 aromatic rings. The summed E-state index contributed by atoms with van der Waals surface area (Å²) in [6, 6.07) is 17.3. The third-order valence-corrected chi connectivity index (χ3v) is 6.96. The molecule has 0 aromatic heterocycles. The average molecular weight is 466 g/mol. The third-order valence-electron chi connectivity index (χ3n) is 6.96. The fraction of sp³-hybridized carbons (Fsp3) is 0.552. The number of amides is 1. The molecular weight excluding hydrogens is 422 g/mol. The average Bonchev–Trinajstić information content (AvgIpc) is 2.79. The normalized spacial score (nSPS) is 18.3. The molecule has 0 aliphatic carbocycles. The van der Waals surface area contributed by atoms with Crippen molar-refractivity contribution in [2.45, 2.75) is 79.1 Å². The van der Waals surface area contributed by atoms with Crippen LogP contribution in [0.4, 0.5) is 0 Å². The summed E-state index contributed by atoms with van der Waals surface area (Å²) in [6.45, 7) is 18.0. The molecule has 1 atom stereocenters. The van der Waals surface area contributed by atoms with Crippen LogP contribution in [-0.4, -0.2) is 42.5 Å². The largest absolute Gasteiger partial charge is 0.489 e. The molecule has 0 saturated heterocycles. The van der Waals surface area contributed by atoms with Crippen molar-refractivity contribution in [2.24, 2.45) is 5.41 Å². The number of nitrogens with zero attached hydrogens (tertiary/aromatic N) is 1. The van der Waals surface area contributed by atoms with Gasteiger partial charge in [-0.05, 0) is 68.4 Å². The molecule has 186 valence electrons. The van der Waals surface area contributed by atoms with Gasteiger partial charge in [0.25, 0.3) is 0 Å². The lowest BCUT2D eigenvalue weighted by Gasteiger charge is -2.48. The van der Waals surface area contributed by atoms with Crippen LogP contribution >= 0.6 is 0 Å². The van der Waals surface area contributed by atoms with Crippen molar-refractivity contribution in [2.75, 3.05) is 19.6 Å². The summed E-state index contributed by atoms with van der Waals surface area (Å²) in [5.41, 5.74) is 2.27. The highest BCUT2D eigenvalue weighted by atomic mass is 16.5. The third kappa shape index (κ3) is 5.64. The van der Waals surface area contributed by atoms with Crippen LogP contribution in [0.25, 0.3) is 0 Å². The summed E-state index contributed by atoms with van der Waals surface area (Å²) in [6.07, 6.45) is 0.872. The SMILES string of the molecule is CC(C)N(CCNC(=O)C1(C(C)(C)C)NCCc2cc(OCc3ccccc3)ccc21)C(C)C. The van der Waals surface area contributed by atoms with Crippen LogP contribution in [-0.2, 0) is 23.4 Å². The molecule has 5 heteroatoms. The van der Waals surface area contributed by atoms with Gasteiger partial charge in [0.2, 0.25) is 5.91 Å². The molecule has 5 nitrogen and oxygen atoms in total. The maximum atomic E-state index is 13.8. The molecule has 0 bridgehead atoms. The zero-order chi connectivity index (χ0) is 24.9. The molecule has 0 fully saturated rings. The summed E-state index contributed by atoms with van der Waals surface area (Å²) in [5, 5.41) is 6.89. The van der Waals surface area contributed by atoms with Gasteiger partial charge in [-0.3, -0.25) is 15.0 Å². The van der Waals surface area contributed by atoms with Crippen molar-refractivity contribution < 1.29 is 9.53 Å². The van der Waals surface area contributed by atoms with Crippen LogP contribution in [0.3, 0.4) is 0 Å². The van der Waals surface area contributed by atoms with E-state index in [0.717, 1.165) is 36.4 Å². The summed E-state index contributed by atoms with van der Waals surface area (Å²) in [7, 11) is 0. The first-order chi connectivity index (χ1) is 16.1. The van der Waals surface area contributed by atoms with E-state index in [1.807, 2.05) is 24.3 Å². The lowest BCUT2D eigenvalue weighted by atomic mass is 9.65. The first kappa shape index (κ1) is 26.2. The van der Waals surface area contributed by atoms with Crippen molar-refractivity contribution in [1.29, 1.82) is 0 Å². The van der Waals surface area contributed by atoms with Gasteiger partial charge in [-0.2, -0.15) is 0 Å². The van der Waals surface area contributed by atoms with Crippen molar-refractivity contribution in [3.63, 3.8) is 0 Å². The molecule has 2 N–H and O–H groups in total. The molecule has 2 aromatic carbocycles. The number of hydrogen-bond acceptors (Lipinski definition) is 4. The highest BCUT2D eigenvalue weighted by molar-refractivity contribution is 5.89. The van der Waals surface area contributed by atoms with Crippen LogP contribution < -0.4 is 15.4 Å². The Bertz CT molecular complexity index is 942. The molecule has 3 rings (SSSR count). The number of nitrogens with one attached hydrogen (secondary N) is 2. The quantitative estimate of drug-likeness (QED) is 0.554. The maximum Gasteiger partial charge on any atom is 0.245 e. The van der Waals surface area contributed by atoms with Crippen molar-refractivity contribution >= 4 is 5.91 Å². The highest BCUT2D eigenvalue weighted by Crippen LogP contribution is 2.44. The van der Waals surface area contributed by atoms with Gasteiger partial charge in [-0.1, -0.05) is 57.2 Å². The van der Waals surface area contributed by atoms with E-state index >= 15 is 0 Å². The topological polar surface area (TPSA) is 53.6 Å². The smallest absolute Gasteiger partial charge is 0.245 e. The van der Waals surface area contributed by atoms with Crippen LogP contribution in [0.1, 0.15) is 65.2 Å². The van der Waals surface area contributed by atoms with E-state index < -0.39 is 5.54 Å². The van der Waals surface area contributed by atoms with Gasteiger partial charge in [0, 0.05) is 31.7 Å². The van der Waals surface area contributed by atoms with Crippen molar-refractivity contribution in [1.82, 2.24) is 15.5 Å². The molecule has 1 amide bonds. The lowest BCUT2D eigenvalue weighted by Crippen LogP contribution is -2.64. The predicted octanol–water partition coefficient (Wildman–Crippen LogP) is 4.89. The van der Waals surface area contributed by atoms with Crippen LogP contribution in [0, 0.1) is 5.41 Å². The Balaban J connectivity index is 1.81. The number of carbonyl (C=O) groups excluding carboxylic acids is 1. The number of hydrogen-bond donors (Lipinski definition) is 2. The molecule has 1 aliphatic rings. The molecule has 1 aliphatic heterocycles. The fourth-order valence-corrected chi connectivity index (χ4v) is 5.21. The van der Waals surface area contributed by atoms with Crippen LogP contribution in [0.2, 0.25) is 0 Å². The molecular formula is C29H43N3O2. The Kier molecular flexibility index (Phi) is 8.43. The van der Waals surface area contributed by atoms with Gasteiger partial charge in [0.05, 0.1) is 0 Å². The van der Waals surface area contributed by atoms with Gasteiger partial charge in [-0.15, -0.1) is 0 Å². The van der Waals surface area contributed by atoms with E-state index in [1.165, 1.54) is 5.56 Å². The zero-order valence-electron chi connectivity index (χ0n) is 22.1. The predicted molar refractivity (Wildman–Crippen MR) is 140 cm³/mol. The Hall–Kier alpha value is -2.37. The Morgan fingerprint density at radius 2 is 1.76 bits per heavy atom. The zero-order valence-corrected chi connectivity index (χ0v) is 22.1. The van der Waals surface area contributed by atoms with E-state index in [0.29, 0.717) is 25.2 Å². The molecule has 0 saturated carbocycles. The fourth-order valence-electron chi connectivity index (χ4n) is 5.21. The minimum absolute atomic E-state index is 0.0476. The van der Waals surface area contributed by atoms with E-state index in [1.54, 1.807) is 0 Å². The highest BCUT2D eigenvalue weighted by Gasteiger charge is 2.51. The van der Waals surface area contributed by atoms with Crippen molar-refractivity contribution in [3.05, 3.63) is 65.2 Å². The summed E-state index contributed by atoms with van der Waals surface area (Å²) >= 11 is 0. The second kappa shape index (κ2) is 10.9. The number of fused-ring (bicyclic) bond motifs is 1. The van der Waals surface area contributed by atoms with Crippen LogP contribution in [0.15, 0.2) is 48.5 Å². The number of rotatable bonds is 9. The van der Waals surface area contributed by atoms with E-state index in [-0.39, 0.29) is 11.3 Å². The van der Waals surface area contributed by atoms with Crippen LogP contribution in [0.5, 0.6) is 5.75 Å². The van der Waals surface area contributed by atoms with Gasteiger partial charge in [-0.25, -0.2) is 0 Å². The molecule has 1 heterocycles. The second-order valence-corrected chi connectivity index (χ2v) is 11.0. The van der Waals surface area contributed by atoms with Gasteiger partial charge in [0.1, 0.15) is 17.9 Å². The molecule has 0 radical (unpaired) electrons.